The topological polar surface area (TPSA) is 38.3 Å². The van der Waals surface area contributed by atoms with Gasteiger partial charge in [0.25, 0.3) is 0 Å². The fourth-order valence-corrected chi connectivity index (χ4v) is 1.00. The molecule has 0 aromatic rings. The monoisotopic (exact) mass is 201 g/mol. The number of carbonyl (C=O) groups excluding carboxylic acids is 1. The molecule has 84 valence electrons. The van der Waals surface area contributed by atoms with Gasteiger partial charge in [-0.1, -0.05) is 20.8 Å². The summed E-state index contributed by atoms with van der Waals surface area (Å²) in [5, 5.41) is 2.84. The van der Waals surface area contributed by atoms with E-state index in [0.29, 0.717) is 12.3 Å². The number of nitrogens with one attached hydrogen (secondary N) is 1. The van der Waals surface area contributed by atoms with E-state index in [-0.39, 0.29) is 5.91 Å². The Bertz CT molecular complexity index is 146. The minimum Gasteiger partial charge on any atom is -0.381 e. The van der Waals surface area contributed by atoms with Gasteiger partial charge in [0.05, 0.1) is 0 Å². The molecule has 0 aliphatic rings. The second-order valence-electron chi connectivity index (χ2n) is 3.88. The number of carbonyl (C=O) groups is 1. The molecule has 1 amide bonds. The zero-order valence-electron chi connectivity index (χ0n) is 9.64. The summed E-state index contributed by atoms with van der Waals surface area (Å²) in [6.45, 7) is 8.56. The summed E-state index contributed by atoms with van der Waals surface area (Å²) in [5.74, 6) is 0.739. The first kappa shape index (κ1) is 13.4. The van der Waals surface area contributed by atoms with Crippen LogP contribution in [-0.4, -0.2) is 25.7 Å². The van der Waals surface area contributed by atoms with Gasteiger partial charge in [-0.2, -0.15) is 0 Å². The van der Waals surface area contributed by atoms with E-state index in [4.69, 9.17) is 4.74 Å². The molecule has 0 spiro atoms. The van der Waals surface area contributed by atoms with E-state index in [9.17, 15) is 4.79 Å². The van der Waals surface area contributed by atoms with Crippen molar-refractivity contribution in [3.8, 4) is 0 Å². The molecule has 0 heterocycles. The lowest BCUT2D eigenvalue weighted by atomic mass is 10.2. The lowest BCUT2D eigenvalue weighted by Crippen LogP contribution is -2.23. The first-order chi connectivity index (χ1) is 6.66. The van der Waals surface area contributed by atoms with Crippen LogP contribution in [0.4, 0.5) is 0 Å². The van der Waals surface area contributed by atoms with Crippen molar-refractivity contribution >= 4 is 5.91 Å². The van der Waals surface area contributed by atoms with E-state index in [2.05, 4.69) is 19.2 Å². The van der Waals surface area contributed by atoms with Crippen LogP contribution >= 0.6 is 0 Å². The third kappa shape index (κ3) is 9.52. The van der Waals surface area contributed by atoms with Crippen LogP contribution in [0.3, 0.4) is 0 Å². The molecule has 0 aliphatic carbocycles. The van der Waals surface area contributed by atoms with Gasteiger partial charge < -0.3 is 10.1 Å². The molecule has 0 bridgehead atoms. The summed E-state index contributed by atoms with van der Waals surface area (Å²) in [7, 11) is 0. The number of hydrogen-bond donors (Lipinski definition) is 1. The van der Waals surface area contributed by atoms with E-state index in [1.165, 1.54) is 0 Å². The van der Waals surface area contributed by atoms with Crippen LogP contribution in [0.5, 0.6) is 0 Å². The third-order valence-corrected chi connectivity index (χ3v) is 1.81. The molecule has 0 fully saturated rings. The van der Waals surface area contributed by atoms with E-state index < -0.39 is 0 Å². The van der Waals surface area contributed by atoms with Crippen LogP contribution in [0.1, 0.15) is 40.0 Å². The molecule has 0 aromatic carbocycles. The first-order valence-electron chi connectivity index (χ1n) is 5.51. The van der Waals surface area contributed by atoms with E-state index in [1.54, 1.807) is 0 Å². The van der Waals surface area contributed by atoms with Crippen molar-refractivity contribution in [3.05, 3.63) is 0 Å². The number of amides is 1. The van der Waals surface area contributed by atoms with Crippen molar-refractivity contribution < 1.29 is 9.53 Å². The normalized spacial score (nSPS) is 10.6. The van der Waals surface area contributed by atoms with Crippen LogP contribution in [0.15, 0.2) is 0 Å². The van der Waals surface area contributed by atoms with Gasteiger partial charge in [-0.3, -0.25) is 4.79 Å². The number of ether oxygens (including phenoxy) is 1. The minimum absolute atomic E-state index is 0.132. The summed E-state index contributed by atoms with van der Waals surface area (Å²) in [6.07, 6.45) is 2.60. The first-order valence-corrected chi connectivity index (χ1v) is 5.51. The highest BCUT2D eigenvalue weighted by Crippen LogP contribution is 1.95. The molecule has 0 saturated heterocycles. The predicted molar refractivity (Wildman–Crippen MR) is 58.2 cm³/mol. The maximum Gasteiger partial charge on any atom is 0.219 e. The Morgan fingerprint density at radius 3 is 2.64 bits per heavy atom. The van der Waals surface area contributed by atoms with Gasteiger partial charge in [-0.15, -0.1) is 0 Å². The molecule has 0 unspecified atom stereocenters. The highest BCUT2D eigenvalue weighted by Gasteiger charge is 1.96. The SMILES string of the molecule is CCC(=O)NCCCCOCC(C)C. The lowest BCUT2D eigenvalue weighted by Gasteiger charge is -2.06. The fraction of sp³-hybridized carbons (Fsp3) is 0.909. The standard InChI is InChI=1S/C11H23NO2/c1-4-11(13)12-7-5-6-8-14-9-10(2)3/h10H,4-9H2,1-3H3,(H,12,13). The van der Waals surface area contributed by atoms with Gasteiger partial charge in [-0.25, -0.2) is 0 Å². The molecule has 0 aliphatic heterocycles. The van der Waals surface area contributed by atoms with E-state index in [0.717, 1.165) is 32.6 Å². The maximum atomic E-state index is 10.8. The lowest BCUT2D eigenvalue weighted by molar-refractivity contribution is -0.120. The summed E-state index contributed by atoms with van der Waals surface area (Å²) < 4.78 is 5.42. The zero-order valence-corrected chi connectivity index (χ0v) is 9.64. The molecular weight excluding hydrogens is 178 g/mol. The van der Waals surface area contributed by atoms with Crippen molar-refractivity contribution in [1.29, 1.82) is 0 Å². The molecule has 0 rings (SSSR count). The quantitative estimate of drug-likeness (QED) is 0.610. The van der Waals surface area contributed by atoms with E-state index >= 15 is 0 Å². The van der Waals surface area contributed by atoms with Gasteiger partial charge in [0, 0.05) is 26.2 Å². The van der Waals surface area contributed by atoms with Crippen LogP contribution < -0.4 is 5.32 Å². The highest BCUT2D eigenvalue weighted by atomic mass is 16.5. The Kier molecular flexibility index (Phi) is 8.64. The van der Waals surface area contributed by atoms with Crippen molar-refractivity contribution in [2.75, 3.05) is 19.8 Å². The Morgan fingerprint density at radius 1 is 1.36 bits per heavy atom. The fourth-order valence-electron chi connectivity index (χ4n) is 1.00. The van der Waals surface area contributed by atoms with Crippen LogP contribution in [0.25, 0.3) is 0 Å². The molecule has 3 nitrogen and oxygen atoms in total. The average molecular weight is 201 g/mol. The Morgan fingerprint density at radius 2 is 2.07 bits per heavy atom. The summed E-state index contributed by atoms with van der Waals surface area (Å²) in [4.78, 5) is 10.8. The van der Waals surface area contributed by atoms with Crippen LogP contribution in [-0.2, 0) is 9.53 Å². The maximum absolute atomic E-state index is 10.8. The van der Waals surface area contributed by atoms with Gasteiger partial charge >= 0.3 is 0 Å². The van der Waals surface area contributed by atoms with Gasteiger partial charge in [0.15, 0.2) is 0 Å². The highest BCUT2D eigenvalue weighted by molar-refractivity contribution is 5.75. The van der Waals surface area contributed by atoms with Crippen molar-refractivity contribution in [2.24, 2.45) is 5.92 Å². The minimum atomic E-state index is 0.132. The molecular formula is C11H23NO2. The molecule has 0 atom stereocenters. The Labute approximate surface area is 87.2 Å². The van der Waals surface area contributed by atoms with Gasteiger partial charge in [0.1, 0.15) is 0 Å². The van der Waals surface area contributed by atoms with Crippen molar-refractivity contribution in [2.45, 2.75) is 40.0 Å². The van der Waals surface area contributed by atoms with Gasteiger partial charge in [0.2, 0.25) is 5.91 Å². The summed E-state index contributed by atoms with van der Waals surface area (Å²) in [5.41, 5.74) is 0. The van der Waals surface area contributed by atoms with E-state index in [1.807, 2.05) is 6.92 Å². The average Bonchev–Trinajstić information content (AvgIpc) is 2.15. The Balaban J connectivity index is 3.03. The molecule has 0 saturated carbocycles. The molecule has 0 aromatic heterocycles. The molecule has 1 N–H and O–H groups in total. The summed E-state index contributed by atoms with van der Waals surface area (Å²) >= 11 is 0. The van der Waals surface area contributed by atoms with Crippen LogP contribution in [0, 0.1) is 5.92 Å². The Hall–Kier alpha value is -0.570. The second-order valence-corrected chi connectivity index (χ2v) is 3.88. The number of hydrogen-bond acceptors (Lipinski definition) is 2. The largest absolute Gasteiger partial charge is 0.381 e. The second kappa shape index (κ2) is 9.00. The van der Waals surface area contributed by atoms with Crippen LogP contribution in [0.2, 0.25) is 0 Å². The smallest absolute Gasteiger partial charge is 0.219 e. The molecule has 14 heavy (non-hydrogen) atoms. The predicted octanol–water partition coefficient (Wildman–Crippen LogP) is 1.97. The zero-order chi connectivity index (χ0) is 10.8. The van der Waals surface area contributed by atoms with Gasteiger partial charge in [-0.05, 0) is 18.8 Å². The number of rotatable bonds is 8. The van der Waals surface area contributed by atoms with Crippen molar-refractivity contribution in [1.82, 2.24) is 5.32 Å². The summed E-state index contributed by atoms with van der Waals surface area (Å²) in [6, 6.07) is 0. The third-order valence-electron chi connectivity index (χ3n) is 1.81. The van der Waals surface area contributed by atoms with Crippen molar-refractivity contribution in [3.63, 3.8) is 0 Å². The molecule has 0 radical (unpaired) electrons. The number of unbranched alkanes of at least 4 members (excludes halogenated alkanes) is 1. The molecule has 3 heteroatoms.